The molecule has 0 saturated heterocycles. The van der Waals surface area contributed by atoms with Gasteiger partial charge in [-0.25, -0.2) is 4.79 Å². The molecule has 0 saturated carbocycles. The molecule has 2 aromatic carbocycles. The maximum Gasteiger partial charge on any atom is 0.319 e. The standard InChI is InChI=1S/C19H18N4O5/c1-11-16(18(24)21-13-6-8-14(9-7-13)23(26)27)17(22-19(25)20-11)12-4-3-5-15(10-12)28-2/h3-10,17H,1-2H3,(H,21,24)(H2,20,22,25)/t17-/m0/s1. The normalized spacial score (nSPS) is 16.1. The molecule has 1 aliphatic heterocycles. The Kier molecular flexibility index (Phi) is 5.25. The van der Waals surface area contributed by atoms with Gasteiger partial charge in [-0.15, -0.1) is 0 Å². The van der Waals surface area contributed by atoms with Crippen LogP contribution in [0.4, 0.5) is 16.2 Å². The van der Waals surface area contributed by atoms with E-state index in [9.17, 15) is 19.7 Å². The summed E-state index contributed by atoms with van der Waals surface area (Å²) in [4.78, 5) is 35.1. The number of nitro groups is 1. The Morgan fingerprint density at radius 2 is 1.93 bits per heavy atom. The number of amides is 3. The topological polar surface area (TPSA) is 123 Å². The molecule has 1 aliphatic rings. The van der Waals surface area contributed by atoms with Crippen molar-refractivity contribution in [1.82, 2.24) is 10.6 Å². The van der Waals surface area contributed by atoms with E-state index in [2.05, 4.69) is 16.0 Å². The van der Waals surface area contributed by atoms with Gasteiger partial charge in [-0.2, -0.15) is 0 Å². The molecular formula is C19H18N4O5. The van der Waals surface area contributed by atoms with Gasteiger partial charge < -0.3 is 20.7 Å². The second-order valence-corrected chi connectivity index (χ2v) is 6.10. The van der Waals surface area contributed by atoms with E-state index < -0.39 is 22.9 Å². The average Bonchev–Trinajstić information content (AvgIpc) is 2.67. The number of nitro benzene ring substituents is 1. The highest BCUT2D eigenvalue weighted by Crippen LogP contribution is 2.30. The fraction of sp³-hybridized carbons (Fsp3) is 0.158. The largest absolute Gasteiger partial charge is 0.497 e. The lowest BCUT2D eigenvalue weighted by Crippen LogP contribution is -2.45. The van der Waals surface area contributed by atoms with Crippen LogP contribution >= 0.6 is 0 Å². The number of methoxy groups -OCH3 is 1. The number of nitrogens with one attached hydrogen (secondary N) is 3. The zero-order chi connectivity index (χ0) is 20.3. The maximum absolute atomic E-state index is 12.9. The minimum atomic E-state index is -0.679. The Balaban J connectivity index is 1.91. The summed E-state index contributed by atoms with van der Waals surface area (Å²) >= 11 is 0. The van der Waals surface area contributed by atoms with E-state index in [0.717, 1.165) is 0 Å². The summed E-state index contributed by atoms with van der Waals surface area (Å²) < 4.78 is 5.22. The molecule has 3 N–H and O–H groups in total. The Bertz CT molecular complexity index is 969. The van der Waals surface area contributed by atoms with Crippen LogP contribution in [0.1, 0.15) is 18.5 Å². The molecule has 0 bridgehead atoms. The van der Waals surface area contributed by atoms with E-state index in [1.807, 2.05) is 0 Å². The molecule has 1 heterocycles. The number of non-ortho nitro benzene ring substituents is 1. The van der Waals surface area contributed by atoms with Gasteiger partial charge in [0.15, 0.2) is 0 Å². The third-order valence-electron chi connectivity index (χ3n) is 4.28. The summed E-state index contributed by atoms with van der Waals surface area (Å²) in [5.41, 5.74) is 1.75. The number of allylic oxidation sites excluding steroid dienone is 1. The zero-order valence-electron chi connectivity index (χ0n) is 15.2. The summed E-state index contributed by atoms with van der Waals surface area (Å²) in [6.07, 6.45) is 0. The van der Waals surface area contributed by atoms with Gasteiger partial charge in [-0.05, 0) is 36.8 Å². The van der Waals surface area contributed by atoms with E-state index in [-0.39, 0.29) is 5.69 Å². The molecule has 144 valence electrons. The van der Waals surface area contributed by atoms with Gasteiger partial charge in [0.2, 0.25) is 0 Å². The average molecular weight is 382 g/mol. The van der Waals surface area contributed by atoms with Gasteiger partial charge in [0.25, 0.3) is 11.6 Å². The van der Waals surface area contributed by atoms with E-state index in [4.69, 9.17) is 4.74 Å². The number of carbonyl (C=O) groups is 2. The Morgan fingerprint density at radius 1 is 1.21 bits per heavy atom. The van der Waals surface area contributed by atoms with Crippen molar-refractivity contribution in [3.63, 3.8) is 0 Å². The van der Waals surface area contributed by atoms with Crippen molar-refractivity contribution in [1.29, 1.82) is 0 Å². The Morgan fingerprint density at radius 3 is 2.57 bits per heavy atom. The SMILES string of the molecule is COc1cccc([C@@H]2NC(=O)NC(C)=C2C(=O)Nc2ccc([N+](=O)[O-])cc2)c1. The van der Waals surface area contributed by atoms with Crippen molar-refractivity contribution >= 4 is 23.3 Å². The fourth-order valence-electron chi connectivity index (χ4n) is 2.93. The second-order valence-electron chi connectivity index (χ2n) is 6.10. The number of anilines is 1. The highest BCUT2D eigenvalue weighted by molar-refractivity contribution is 6.06. The van der Waals surface area contributed by atoms with Gasteiger partial charge in [0, 0.05) is 23.5 Å². The number of urea groups is 1. The van der Waals surface area contributed by atoms with Crippen LogP contribution in [0, 0.1) is 10.1 Å². The molecule has 28 heavy (non-hydrogen) atoms. The van der Waals surface area contributed by atoms with Crippen molar-refractivity contribution in [2.24, 2.45) is 0 Å². The van der Waals surface area contributed by atoms with E-state index in [1.54, 1.807) is 31.2 Å². The van der Waals surface area contributed by atoms with Crippen LogP contribution in [0.3, 0.4) is 0 Å². The quantitative estimate of drug-likeness (QED) is 0.542. The van der Waals surface area contributed by atoms with Gasteiger partial charge in [-0.1, -0.05) is 12.1 Å². The molecule has 9 heteroatoms. The Hall–Kier alpha value is -3.88. The van der Waals surface area contributed by atoms with Crippen LogP contribution in [0.5, 0.6) is 5.75 Å². The van der Waals surface area contributed by atoms with Crippen molar-refractivity contribution in [3.05, 3.63) is 75.5 Å². The smallest absolute Gasteiger partial charge is 0.319 e. The number of carbonyl (C=O) groups excluding carboxylic acids is 2. The van der Waals surface area contributed by atoms with Crippen LogP contribution in [-0.2, 0) is 4.79 Å². The molecule has 9 nitrogen and oxygen atoms in total. The first-order chi connectivity index (χ1) is 13.4. The summed E-state index contributed by atoms with van der Waals surface area (Å²) in [7, 11) is 1.53. The lowest BCUT2D eigenvalue weighted by atomic mass is 9.94. The molecule has 0 spiro atoms. The monoisotopic (exact) mass is 382 g/mol. The first-order valence-electron chi connectivity index (χ1n) is 8.37. The summed E-state index contributed by atoms with van der Waals surface area (Å²) in [6, 6.07) is 11.5. The molecule has 3 rings (SSSR count). The van der Waals surface area contributed by atoms with Crippen molar-refractivity contribution < 1.29 is 19.2 Å². The van der Waals surface area contributed by atoms with E-state index >= 15 is 0 Å². The van der Waals surface area contributed by atoms with Crippen LogP contribution < -0.4 is 20.7 Å². The van der Waals surface area contributed by atoms with Crippen LogP contribution in [0.2, 0.25) is 0 Å². The van der Waals surface area contributed by atoms with Gasteiger partial charge >= 0.3 is 6.03 Å². The van der Waals surface area contributed by atoms with Gasteiger partial charge in [0.1, 0.15) is 5.75 Å². The number of hydrogen-bond donors (Lipinski definition) is 3. The first kappa shape index (κ1) is 18.9. The number of ether oxygens (including phenoxy) is 1. The van der Waals surface area contributed by atoms with E-state index in [0.29, 0.717) is 28.3 Å². The van der Waals surface area contributed by atoms with Crippen LogP contribution in [-0.4, -0.2) is 24.0 Å². The summed E-state index contributed by atoms with van der Waals surface area (Å²) in [5.74, 6) is 0.157. The minimum Gasteiger partial charge on any atom is -0.497 e. The van der Waals surface area contributed by atoms with Crippen LogP contribution in [0.25, 0.3) is 0 Å². The third kappa shape index (κ3) is 3.93. The summed E-state index contributed by atoms with van der Waals surface area (Å²) in [6.45, 7) is 1.64. The van der Waals surface area contributed by atoms with Gasteiger partial charge in [-0.3, -0.25) is 14.9 Å². The highest BCUT2D eigenvalue weighted by atomic mass is 16.6. The number of hydrogen-bond acceptors (Lipinski definition) is 5. The minimum absolute atomic E-state index is 0.0748. The second kappa shape index (κ2) is 7.78. The highest BCUT2D eigenvalue weighted by Gasteiger charge is 2.31. The maximum atomic E-state index is 12.9. The molecule has 3 amide bonds. The summed E-state index contributed by atoms with van der Waals surface area (Å²) in [5, 5.41) is 18.8. The molecule has 0 aliphatic carbocycles. The number of benzene rings is 2. The molecule has 0 unspecified atom stereocenters. The van der Waals surface area contributed by atoms with E-state index in [1.165, 1.54) is 31.4 Å². The fourth-order valence-corrected chi connectivity index (χ4v) is 2.93. The molecular weight excluding hydrogens is 364 g/mol. The van der Waals surface area contributed by atoms with Crippen molar-refractivity contribution in [2.75, 3.05) is 12.4 Å². The predicted octanol–water partition coefficient (Wildman–Crippen LogP) is 2.87. The molecule has 2 aromatic rings. The molecule has 0 radical (unpaired) electrons. The third-order valence-corrected chi connectivity index (χ3v) is 4.28. The van der Waals surface area contributed by atoms with Crippen molar-refractivity contribution in [2.45, 2.75) is 13.0 Å². The first-order valence-corrected chi connectivity index (χ1v) is 8.37. The Labute approximate surface area is 160 Å². The lowest BCUT2D eigenvalue weighted by Gasteiger charge is -2.28. The number of rotatable bonds is 5. The van der Waals surface area contributed by atoms with Crippen LogP contribution in [0.15, 0.2) is 59.8 Å². The molecule has 1 atom stereocenters. The predicted molar refractivity (Wildman–Crippen MR) is 102 cm³/mol. The zero-order valence-corrected chi connectivity index (χ0v) is 15.2. The van der Waals surface area contributed by atoms with Gasteiger partial charge in [0.05, 0.1) is 23.6 Å². The molecule has 0 aromatic heterocycles. The van der Waals surface area contributed by atoms with Crippen molar-refractivity contribution in [3.8, 4) is 5.75 Å². The number of nitrogens with zero attached hydrogens (tertiary/aromatic N) is 1. The molecule has 0 fully saturated rings. The lowest BCUT2D eigenvalue weighted by molar-refractivity contribution is -0.384.